The van der Waals surface area contributed by atoms with E-state index in [0.717, 1.165) is 0 Å². The van der Waals surface area contributed by atoms with Crippen molar-refractivity contribution in [3.8, 4) is 0 Å². The monoisotopic (exact) mass is 235 g/mol. The van der Waals surface area contributed by atoms with Crippen molar-refractivity contribution in [1.82, 2.24) is 0 Å². The Bertz CT molecular complexity index is 451. The highest BCUT2D eigenvalue weighted by Crippen LogP contribution is 2.26. The van der Waals surface area contributed by atoms with E-state index in [4.69, 9.17) is 15.9 Å². The molecule has 17 heavy (non-hydrogen) atoms. The highest BCUT2D eigenvalue weighted by atomic mass is 16.4. The molecule has 0 unspecified atom stereocenters. The molecule has 5 nitrogen and oxygen atoms in total. The van der Waals surface area contributed by atoms with Crippen LogP contribution in [0.25, 0.3) is 5.57 Å². The molecule has 1 aromatic rings. The Labute approximate surface area is 98.2 Å². The zero-order valence-corrected chi connectivity index (χ0v) is 9.25. The van der Waals surface area contributed by atoms with Crippen LogP contribution in [0.15, 0.2) is 36.4 Å². The standard InChI is InChI=1S/C12H13NO4/c1-2-9(8-6-4-3-5-7-8)12(13,10(14)15)11(16)17/h2-7H,13H2,1H3,(H,14,15)(H,16,17). The van der Waals surface area contributed by atoms with Crippen LogP contribution in [0.5, 0.6) is 0 Å². The van der Waals surface area contributed by atoms with Crippen LogP contribution >= 0.6 is 0 Å². The van der Waals surface area contributed by atoms with E-state index >= 15 is 0 Å². The van der Waals surface area contributed by atoms with Crippen molar-refractivity contribution in [2.45, 2.75) is 12.5 Å². The molecule has 0 saturated carbocycles. The molecular formula is C12H13NO4. The number of nitrogens with two attached hydrogens (primary N) is 1. The van der Waals surface area contributed by atoms with Gasteiger partial charge in [0.25, 0.3) is 0 Å². The summed E-state index contributed by atoms with van der Waals surface area (Å²) in [5, 5.41) is 18.0. The minimum Gasteiger partial charge on any atom is -0.479 e. The first-order valence-corrected chi connectivity index (χ1v) is 4.92. The second kappa shape index (κ2) is 4.80. The summed E-state index contributed by atoms with van der Waals surface area (Å²) in [5.74, 6) is -3.19. The third kappa shape index (κ3) is 2.19. The van der Waals surface area contributed by atoms with Crippen molar-refractivity contribution in [2.24, 2.45) is 5.73 Å². The van der Waals surface area contributed by atoms with Crippen LogP contribution in [0.3, 0.4) is 0 Å². The number of benzene rings is 1. The van der Waals surface area contributed by atoms with Gasteiger partial charge in [0, 0.05) is 0 Å². The molecular weight excluding hydrogens is 222 g/mol. The van der Waals surface area contributed by atoms with Gasteiger partial charge in [-0.05, 0) is 18.1 Å². The topological polar surface area (TPSA) is 101 Å². The number of allylic oxidation sites excluding steroid dienone is 1. The molecule has 0 saturated heterocycles. The normalized spacial score (nSPS) is 12.2. The van der Waals surface area contributed by atoms with Gasteiger partial charge >= 0.3 is 11.9 Å². The van der Waals surface area contributed by atoms with Crippen molar-refractivity contribution in [1.29, 1.82) is 0 Å². The number of hydrogen-bond donors (Lipinski definition) is 3. The minimum atomic E-state index is -2.43. The Morgan fingerprint density at radius 2 is 1.65 bits per heavy atom. The molecule has 4 N–H and O–H groups in total. The largest absolute Gasteiger partial charge is 0.479 e. The Balaban J connectivity index is 3.37. The van der Waals surface area contributed by atoms with E-state index in [1.807, 2.05) is 0 Å². The first-order chi connectivity index (χ1) is 7.94. The van der Waals surface area contributed by atoms with Crippen molar-refractivity contribution in [3.05, 3.63) is 42.0 Å². The van der Waals surface area contributed by atoms with Gasteiger partial charge in [-0.2, -0.15) is 0 Å². The SMILES string of the molecule is CC=C(c1ccccc1)C(N)(C(=O)O)C(=O)O. The fourth-order valence-electron chi connectivity index (χ4n) is 1.56. The maximum atomic E-state index is 11.1. The molecule has 90 valence electrons. The van der Waals surface area contributed by atoms with E-state index in [9.17, 15) is 9.59 Å². The lowest BCUT2D eigenvalue weighted by Gasteiger charge is -2.23. The third-order valence-electron chi connectivity index (χ3n) is 2.47. The van der Waals surface area contributed by atoms with E-state index in [2.05, 4.69) is 0 Å². The molecule has 5 heteroatoms. The van der Waals surface area contributed by atoms with E-state index in [-0.39, 0.29) is 5.57 Å². The average Bonchev–Trinajstić information content (AvgIpc) is 2.30. The zero-order valence-electron chi connectivity index (χ0n) is 9.25. The summed E-state index contributed by atoms with van der Waals surface area (Å²) >= 11 is 0. The van der Waals surface area contributed by atoms with Crippen LogP contribution < -0.4 is 5.73 Å². The summed E-state index contributed by atoms with van der Waals surface area (Å²) in [6.45, 7) is 1.55. The number of hydrogen-bond acceptors (Lipinski definition) is 3. The second-order valence-electron chi connectivity index (χ2n) is 3.49. The van der Waals surface area contributed by atoms with Crippen molar-refractivity contribution in [2.75, 3.05) is 0 Å². The van der Waals surface area contributed by atoms with Gasteiger partial charge in [-0.15, -0.1) is 0 Å². The summed E-state index contributed by atoms with van der Waals surface area (Å²) in [7, 11) is 0. The second-order valence-corrected chi connectivity index (χ2v) is 3.49. The number of rotatable bonds is 4. The Morgan fingerprint density at radius 3 is 2.00 bits per heavy atom. The van der Waals surface area contributed by atoms with Crippen LogP contribution in [-0.4, -0.2) is 27.7 Å². The van der Waals surface area contributed by atoms with Gasteiger partial charge in [0.1, 0.15) is 0 Å². The zero-order chi connectivity index (χ0) is 13.1. The van der Waals surface area contributed by atoms with Crippen LogP contribution in [0.1, 0.15) is 12.5 Å². The van der Waals surface area contributed by atoms with Crippen LogP contribution in [0, 0.1) is 0 Å². The number of carbonyl (C=O) groups is 2. The average molecular weight is 235 g/mol. The smallest absolute Gasteiger partial charge is 0.340 e. The molecule has 0 bridgehead atoms. The summed E-state index contributed by atoms with van der Waals surface area (Å²) in [5.41, 5.74) is 3.60. The molecule has 0 atom stereocenters. The molecule has 0 aromatic heterocycles. The molecule has 1 aromatic carbocycles. The molecule has 0 aliphatic rings. The maximum absolute atomic E-state index is 11.1. The molecule has 0 spiro atoms. The molecule has 0 fully saturated rings. The van der Waals surface area contributed by atoms with E-state index in [1.165, 1.54) is 6.08 Å². The van der Waals surface area contributed by atoms with Crippen molar-refractivity contribution >= 4 is 17.5 Å². The van der Waals surface area contributed by atoms with Gasteiger partial charge < -0.3 is 15.9 Å². The fraction of sp³-hybridized carbons (Fsp3) is 0.167. The number of aliphatic carboxylic acids is 2. The number of carboxylic acids is 2. The highest BCUT2D eigenvalue weighted by molar-refractivity contribution is 6.15. The molecule has 0 aliphatic carbocycles. The van der Waals surface area contributed by atoms with Gasteiger partial charge in [0.2, 0.25) is 5.54 Å². The molecule has 0 radical (unpaired) electrons. The van der Waals surface area contributed by atoms with Crippen LogP contribution in [0.2, 0.25) is 0 Å². The minimum absolute atomic E-state index is 0.0538. The van der Waals surface area contributed by atoms with Gasteiger partial charge in [-0.3, -0.25) is 0 Å². The van der Waals surface area contributed by atoms with Crippen molar-refractivity contribution in [3.63, 3.8) is 0 Å². The Morgan fingerprint density at radius 1 is 1.18 bits per heavy atom. The fourth-order valence-corrected chi connectivity index (χ4v) is 1.56. The predicted octanol–water partition coefficient (Wildman–Crippen LogP) is 0.957. The molecule has 0 aliphatic heterocycles. The molecule has 0 amide bonds. The quantitative estimate of drug-likeness (QED) is 0.675. The first-order valence-electron chi connectivity index (χ1n) is 4.92. The maximum Gasteiger partial charge on any atom is 0.340 e. The van der Waals surface area contributed by atoms with E-state index in [0.29, 0.717) is 5.56 Å². The van der Waals surface area contributed by atoms with E-state index < -0.39 is 17.5 Å². The highest BCUT2D eigenvalue weighted by Gasteiger charge is 2.46. The number of carboxylic acid groups (broad SMARTS) is 2. The van der Waals surface area contributed by atoms with Crippen LogP contribution in [0.4, 0.5) is 0 Å². The van der Waals surface area contributed by atoms with Gasteiger partial charge in [-0.1, -0.05) is 36.4 Å². The van der Waals surface area contributed by atoms with Gasteiger partial charge in [0.15, 0.2) is 0 Å². The lowest BCUT2D eigenvalue weighted by molar-refractivity contribution is -0.153. The predicted molar refractivity (Wildman–Crippen MR) is 62.3 cm³/mol. The van der Waals surface area contributed by atoms with Crippen molar-refractivity contribution < 1.29 is 19.8 Å². The lowest BCUT2D eigenvalue weighted by Crippen LogP contribution is -2.55. The third-order valence-corrected chi connectivity index (χ3v) is 2.47. The summed E-state index contributed by atoms with van der Waals surface area (Å²) < 4.78 is 0. The van der Waals surface area contributed by atoms with Gasteiger partial charge in [0.05, 0.1) is 0 Å². The Kier molecular flexibility index (Phi) is 3.65. The summed E-state index contributed by atoms with van der Waals surface area (Å²) in [6, 6.07) is 8.34. The summed E-state index contributed by atoms with van der Waals surface area (Å²) in [6.07, 6.45) is 1.40. The summed E-state index contributed by atoms with van der Waals surface area (Å²) in [4.78, 5) is 22.2. The Hall–Kier alpha value is -2.14. The van der Waals surface area contributed by atoms with E-state index in [1.54, 1.807) is 37.3 Å². The molecule has 1 rings (SSSR count). The van der Waals surface area contributed by atoms with Crippen LogP contribution in [-0.2, 0) is 9.59 Å². The van der Waals surface area contributed by atoms with Gasteiger partial charge in [-0.25, -0.2) is 9.59 Å². The first kappa shape index (κ1) is 12.9. The lowest BCUT2D eigenvalue weighted by atomic mass is 9.85. The molecule has 0 heterocycles.